The number of benzene rings is 1. The summed E-state index contributed by atoms with van der Waals surface area (Å²) in [6.45, 7) is 2.03. The maximum Gasteiger partial charge on any atom is 0.242 e. The lowest BCUT2D eigenvalue weighted by molar-refractivity contribution is 0.461. The summed E-state index contributed by atoms with van der Waals surface area (Å²) in [5.41, 5.74) is 2.84. The van der Waals surface area contributed by atoms with E-state index < -0.39 is 0 Å². The van der Waals surface area contributed by atoms with E-state index in [0.29, 0.717) is 11.8 Å². The summed E-state index contributed by atoms with van der Waals surface area (Å²) >= 11 is 6.01. The van der Waals surface area contributed by atoms with Crippen LogP contribution in [0.25, 0.3) is 5.65 Å². The van der Waals surface area contributed by atoms with Crippen molar-refractivity contribution < 1.29 is 4.74 Å². The molecule has 2 heterocycles. The molecule has 0 unspecified atom stereocenters. The Labute approximate surface area is 116 Å². The fourth-order valence-electron chi connectivity index (χ4n) is 2.02. The number of aryl methyl sites for hydroxylation is 1. The smallest absolute Gasteiger partial charge is 0.242 e. The third-order valence-corrected chi connectivity index (χ3v) is 3.18. The monoisotopic (exact) mass is 272 g/mol. The Kier molecular flexibility index (Phi) is 3.13. The van der Waals surface area contributed by atoms with Crippen LogP contribution in [-0.4, -0.2) is 9.38 Å². The topological polar surface area (TPSA) is 26.5 Å². The molecular weight excluding hydrogens is 260 g/mol. The zero-order chi connectivity index (χ0) is 13.2. The largest absolute Gasteiger partial charge is 0.437 e. The van der Waals surface area contributed by atoms with Gasteiger partial charge in [-0.3, -0.25) is 4.40 Å². The summed E-state index contributed by atoms with van der Waals surface area (Å²) in [5, 5.41) is 0. The zero-order valence-corrected chi connectivity index (χ0v) is 11.3. The quantitative estimate of drug-likeness (QED) is 0.669. The second-order valence-electron chi connectivity index (χ2n) is 4.34. The third-order valence-electron chi connectivity index (χ3n) is 2.92. The SMILES string of the molecule is Cc1cccc(Oc2nc3ccccn3c2CCl)c1. The molecule has 0 aliphatic heterocycles. The van der Waals surface area contributed by atoms with Crippen LogP contribution in [0, 0.1) is 6.92 Å². The van der Waals surface area contributed by atoms with Crippen molar-refractivity contribution in [3.05, 3.63) is 59.9 Å². The minimum atomic E-state index is 0.354. The van der Waals surface area contributed by atoms with Gasteiger partial charge in [-0.15, -0.1) is 11.6 Å². The van der Waals surface area contributed by atoms with E-state index in [1.165, 1.54) is 0 Å². The first-order valence-corrected chi connectivity index (χ1v) is 6.58. The number of nitrogens with zero attached hydrogens (tertiary/aromatic N) is 2. The van der Waals surface area contributed by atoms with Crippen LogP contribution < -0.4 is 4.74 Å². The second kappa shape index (κ2) is 4.94. The molecule has 19 heavy (non-hydrogen) atoms. The van der Waals surface area contributed by atoms with Gasteiger partial charge in [0.2, 0.25) is 5.88 Å². The van der Waals surface area contributed by atoms with E-state index in [-0.39, 0.29) is 0 Å². The summed E-state index contributed by atoms with van der Waals surface area (Å²) in [6, 6.07) is 13.7. The summed E-state index contributed by atoms with van der Waals surface area (Å²) in [5.74, 6) is 1.69. The molecule has 3 nitrogen and oxygen atoms in total. The highest BCUT2D eigenvalue weighted by molar-refractivity contribution is 6.17. The fraction of sp³-hybridized carbons (Fsp3) is 0.133. The highest BCUT2D eigenvalue weighted by atomic mass is 35.5. The van der Waals surface area contributed by atoms with Crippen molar-refractivity contribution in [3.63, 3.8) is 0 Å². The number of halogens is 1. The lowest BCUT2D eigenvalue weighted by atomic mass is 10.2. The van der Waals surface area contributed by atoms with Crippen LogP contribution in [0.5, 0.6) is 11.6 Å². The lowest BCUT2D eigenvalue weighted by Crippen LogP contribution is -1.92. The number of aromatic nitrogens is 2. The van der Waals surface area contributed by atoms with E-state index in [4.69, 9.17) is 16.3 Å². The standard InChI is InChI=1S/C15H13ClN2O/c1-11-5-4-6-12(9-11)19-15-13(10-16)18-8-3-2-7-14(18)17-15/h2-9H,10H2,1H3. The fourth-order valence-corrected chi connectivity index (χ4v) is 2.26. The van der Waals surface area contributed by atoms with Crippen molar-refractivity contribution in [2.75, 3.05) is 0 Å². The molecule has 0 saturated heterocycles. The van der Waals surface area contributed by atoms with Crippen molar-refractivity contribution >= 4 is 17.2 Å². The van der Waals surface area contributed by atoms with Gasteiger partial charge >= 0.3 is 0 Å². The molecule has 0 spiro atoms. The highest BCUT2D eigenvalue weighted by Crippen LogP contribution is 2.27. The molecule has 0 N–H and O–H groups in total. The van der Waals surface area contributed by atoms with Crippen LogP contribution in [0.3, 0.4) is 0 Å². The maximum atomic E-state index is 6.01. The van der Waals surface area contributed by atoms with Gasteiger partial charge in [-0.2, -0.15) is 4.98 Å². The van der Waals surface area contributed by atoms with E-state index in [0.717, 1.165) is 22.7 Å². The van der Waals surface area contributed by atoms with E-state index >= 15 is 0 Å². The van der Waals surface area contributed by atoms with Crippen LogP contribution in [0.1, 0.15) is 11.3 Å². The molecule has 1 aromatic carbocycles. The molecule has 0 bridgehead atoms. The number of pyridine rings is 1. The molecule has 0 radical (unpaired) electrons. The first-order chi connectivity index (χ1) is 9.28. The van der Waals surface area contributed by atoms with Crippen molar-refractivity contribution in [1.29, 1.82) is 0 Å². The number of hydrogen-bond donors (Lipinski definition) is 0. The first kappa shape index (κ1) is 12.1. The van der Waals surface area contributed by atoms with Crippen LogP contribution in [0.15, 0.2) is 48.7 Å². The Morgan fingerprint density at radius 1 is 1.21 bits per heavy atom. The van der Waals surface area contributed by atoms with Gasteiger partial charge in [0.1, 0.15) is 17.1 Å². The van der Waals surface area contributed by atoms with E-state index in [1.807, 2.05) is 60.0 Å². The molecule has 3 aromatic rings. The molecule has 0 fully saturated rings. The van der Waals surface area contributed by atoms with E-state index in [1.54, 1.807) is 0 Å². The predicted octanol–water partition coefficient (Wildman–Crippen LogP) is 4.17. The average molecular weight is 273 g/mol. The normalized spacial score (nSPS) is 10.8. The van der Waals surface area contributed by atoms with Crippen LogP contribution in [0.4, 0.5) is 0 Å². The Bertz CT molecular complexity index is 721. The van der Waals surface area contributed by atoms with Gasteiger partial charge < -0.3 is 4.74 Å². The number of imidazole rings is 1. The molecule has 2 aromatic heterocycles. The minimum Gasteiger partial charge on any atom is -0.437 e. The zero-order valence-electron chi connectivity index (χ0n) is 10.5. The minimum absolute atomic E-state index is 0.354. The van der Waals surface area contributed by atoms with Gasteiger partial charge in [-0.05, 0) is 36.8 Å². The van der Waals surface area contributed by atoms with Crippen molar-refractivity contribution in [2.45, 2.75) is 12.8 Å². The van der Waals surface area contributed by atoms with Crippen LogP contribution in [0.2, 0.25) is 0 Å². The number of fused-ring (bicyclic) bond motifs is 1. The summed E-state index contributed by atoms with van der Waals surface area (Å²) in [4.78, 5) is 4.46. The molecule has 0 aliphatic rings. The van der Waals surface area contributed by atoms with Crippen LogP contribution in [-0.2, 0) is 5.88 Å². The molecular formula is C15H13ClN2O. The highest BCUT2D eigenvalue weighted by Gasteiger charge is 2.12. The molecule has 0 aliphatic carbocycles. The Morgan fingerprint density at radius 3 is 2.89 bits per heavy atom. The van der Waals surface area contributed by atoms with E-state index in [9.17, 15) is 0 Å². The van der Waals surface area contributed by atoms with Crippen molar-refractivity contribution in [2.24, 2.45) is 0 Å². The van der Waals surface area contributed by atoms with Gasteiger partial charge in [0, 0.05) is 6.20 Å². The second-order valence-corrected chi connectivity index (χ2v) is 4.61. The Hall–Kier alpha value is -2.00. The Balaban J connectivity index is 2.05. The van der Waals surface area contributed by atoms with Crippen molar-refractivity contribution in [1.82, 2.24) is 9.38 Å². The number of ether oxygens (including phenoxy) is 1. The van der Waals surface area contributed by atoms with Crippen LogP contribution >= 0.6 is 11.6 Å². The van der Waals surface area contributed by atoms with Gasteiger partial charge in [-0.25, -0.2) is 0 Å². The molecule has 0 saturated carbocycles. The maximum absolute atomic E-state index is 6.01. The van der Waals surface area contributed by atoms with Gasteiger partial charge in [0.25, 0.3) is 0 Å². The summed E-state index contributed by atoms with van der Waals surface area (Å²) in [6.07, 6.45) is 1.93. The Morgan fingerprint density at radius 2 is 2.11 bits per heavy atom. The molecule has 96 valence electrons. The summed E-state index contributed by atoms with van der Waals surface area (Å²) in [7, 11) is 0. The van der Waals surface area contributed by atoms with Crippen molar-refractivity contribution in [3.8, 4) is 11.6 Å². The predicted molar refractivity (Wildman–Crippen MR) is 76.0 cm³/mol. The summed E-state index contributed by atoms with van der Waals surface area (Å²) < 4.78 is 7.79. The van der Waals surface area contributed by atoms with Gasteiger partial charge in [0.05, 0.1) is 5.88 Å². The molecule has 0 atom stereocenters. The molecule has 4 heteroatoms. The number of alkyl halides is 1. The molecule has 0 amide bonds. The van der Waals surface area contributed by atoms with E-state index in [2.05, 4.69) is 4.98 Å². The third kappa shape index (κ3) is 2.29. The number of rotatable bonds is 3. The average Bonchev–Trinajstić information content (AvgIpc) is 2.75. The van der Waals surface area contributed by atoms with Gasteiger partial charge in [0.15, 0.2) is 0 Å². The molecule has 3 rings (SSSR count). The van der Waals surface area contributed by atoms with Gasteiger partial charge in [-0.1, -0.05) is 18.2 Å². The lowest BCUT2D eigenvalue weighted by Gasteiger charge is -2.05. The number of hydrogen-bond acceptors (Lipinski definition) is 2. The first-order valence-electron chi connectivity index (χ1n) is 6.04.